The van der Waals surface area contributed by atoms with Gasteiger partial charge in [-0.05, 0) is 20.3 Å². The molecule has 78 valence electrons. The third kappa shape index (κ3) is 3.12. The average molecular weight is 233 g/mol. The highest BCUT2D eigenvalue weighted by Crippen LogP contribution is 2.24. The summed E-state index contributed by atoms with van der Waals surface area (Å²) in [6, 6.07) is 0. The Labute approximate surface area is 92.9 Å². The van der Waals surface area contributed by atoms with E-state index in [4.69, 9.17) is 16.7 Å². The van der Waals surface area contributed by atoms with Gasteiger partial charge in [-0.3, -0.25) is 0 Å². The quantitative estimate of drug-likeness (QED) is 0.491. The van der Waals surface area contributed by atoms with E-state index >= 15 is 0 Å². The summed E-state index contributed by atoms with van der Waals surface area (Å²) >= 11 is 7.52. The van der Waals surface area contributed by atoms with Crippen molar-refractivity contribution in [3.8, 4) is 0 Å². The molecule has 0 aromatic carbocycles. The highest BCUT2D eigenvalue weighted by Gasteiger charge is 2.07. The maximum absolute atomic E-state index is 8.65. The highest BCUT2D eigenvalue weighted by molar-refractivity contribution is 7.99. The molecule has 0 aliphatic heterocycles. The first-order chi connectivity index (χ1) is 6.65. The van der Waals surface area contributed by atoms with Gasteiger partial charge in [0.25, 0.3) is 0 Å². The molecule has 14 heavy (non-hydrogen) atoms. The van der Waals surface area contributed by atoms with E-state index in [1.807, 2.05) is 13.8 Å². The van der Waals surface area contributed by atoms with Crippen LogP contribution in [0.1, 0.15) is 17.8 Å². The van der Waals surface area contributed by atoms with Gasteiger partial charge < -0.3 is 5.11 Å². The summed E-state index contributed by atoms with van der Waals surface area (Å²) in [6.07, 6.45) is 0.769. The Kier molecular flexibility index (Phi) is 4.65. The smallest absolute Gasteiger partial charge is 0.136 e. The Bertz CT molecular complexity index is 320. The molecule has 0 saturated carbocycles. The van der Waals surface area contributed by atoms with Crippen LogP contribution in [0.15, 0.2) is 5.03 Å². The SMILES string of the molecule is Cc1nc(Cl)c(C)c(SCCCO)n1. The summed E-state index contributed by atoms with van der Waals surface area (Å²) in [5.41, 5.74) is 0.917. The first-order valence-corrected chi connectivity index (χ1v) is 5.76. The third-order valence-electron chi connectivity index (χ3n) is 1.69. The molecule has 0 aliphatic carbocycles. The van der Waals surface area contributed by atoms with E-state index in [1.165, 1.54) is 0 Å². The lowest BCUT2D eigenvalue weighted by Gasteiger charge is -2.06. The molecule has 0 aliphatic rings. The van der Waals surface area contributed by atoms with Crippen LogP contribution >= 0.6 is 23.4 Å². The molecule has 0 saturated heterocycles. The number of aryl methyl sites for hydroxylation is 1. The molecule has 1 aromatic heterocycles. The molecule has 3 nitrogen and oxygen atoms in total. The number of nitrogens with zero attached hydrogens (tertiary/aromatic N) is 2. The number of aliphatic hydroxyl groups is 1. The van der Waals surface area contributed by atoms with Crippen LogP contribution in [0.2, 0.25) is 5.15 Å². The number of hydrogen-bond donors (Lipinski definition) is 1. The van der Waals surface area contributed by atoms with E-state index in [2.05, 4.69) is 9.97 Å². The second-order valence-electron chi connectivity index (χ2n) is 2.92. The summed E-state index contributed by atoms with van der Waals surface area (Å²) in [7, 11) is 0. The molecule has 0 fully saturated rings. The van der Waals surface area contributed by atoms with Gasteiger partial charge in [0.2, 0.25) is 0 Å². The Balaban J connectivity index is 2.75. The normalized spacial score (nSPS) is 10.6. The van der Waals surface area contributed by atoms with Crippen molar-refractivity contribution in [2.45, 2.75) is 25.3 Å². The molecule has 1 aromatic rings. The molecule has 0 spiro atoms. The molecular weight excluding hydrogens is 220 g/mol. The maximum Gasteiger partial charge on any atom is 0.136 e. The zero-order chi connectivity index (χ0) is 10.6. The van der Waals surface area contributed by atoms with Crippen molar-refractivity contribution in [1.82, 2.24) is 9.97 Å². The summed E-state index contributed by atoms with van der Waals surface area (Å²) in [5.74, 6) is 1.54. The Hall–Kier alpha value is -0.320. The Morgan fingerprint density at radius 2 is 2.07 bits per heavy atom. The summed E-state index contributed by atoms with van der Waals surface area (Å²) < 4.78 is 0. The number of aliphatic hydroxyl groups excluding tert-OH is 1. The molecule has 1 rings (SSSR count). The second kappa shape index (κ2) is 5.53. The maximum atomic E-state index is 8.65. The summed E-state index contributed by atoms with van der Waals surface area (Å²) in [4.78, 5) is 8.34. The minimum absolute atomic E-state index is 0.212. The van der Waals surface area contributed by atoms with E-state index in [1.54, 1.807) is 11.8 Å². The van der Waals surface area contributed by atoms with Crippen LogP contribution in [-0.4, -0.2) is 27.4 Å². The number of rotatable bonds is 4. The Morgan fingerprint density at radius 1 is 1.36 bits per heavy atom. The van der Waals surface area contributed by atoms with Crippen molar-refractivity contribution in [1.29, 1.82) is 0 Å². The van der Waals surface area contributed by atoms with Crippen LogP contribution < -0.4 is 0 Å². The molecule has 0 bridgehead atoms. The van der Waals surface area contributed by atoms with Gasteiger partial charge in [-0.2, -0.15) is 0 Å². The number of thioether (sulfide) groups is 1. The first-order valence-electron chi connectivity index (χ1n) is 4.39. The van der Waals surface area contributed by atoms with Gasteiger partial charge >= 0.3 is 0 Å². The minimum atomic E-state index is 0.212. The molecule has 0 atom stereocenters. The zero-order valence-corrected chi connectivity index (χ0v) is 9.82. The average Bonchev–Trinajstić information content (AvgIpc) is 2.13. The minimum Gasteiger partial charge on any atom is -0.396 e. The topological polar surface area (TPSA) is 46.0 Å². The van der Waals surface area contributed by atoms with Crippen molar-refractivity contribution in [2.24, 2.45) is 0 Å². The lowest BCUT2D eigenvalue weighted by atomic mass is 10.4. The number of aromatic nitrogens is 2. The molecule has 0 radical (unpaired) electrons. The van der Waals surface area contributed by atoms with Crippen LogP contribution in [0, 0.1) is 13.8 Å². The summed E-state index contributed by atoms with van der Waals surface area (Å²) in [5, 5.41) is 10.1. The lowest BCUT2D eigenvalue weighted by Crippen LogP contribution is -1.96. The lowest BCUT2D eigenvalue weighted by molar-refractivity contribution is 0.296. The molecule has 5 heteroatoms. The van der Waals surface area contributed by atoms with Crippen LogP contribution in [0.3, 0.4) is 0 Å². The predicted molar refractivity (Wildman–Crippen MR) is 58.9 cm³/mol. The standard InChI is InChI=1S/C9H13ClN2OS/c1-6-8(10)11-7(2)12-9(6)14-5-3-4-13/h13H,3-5H2,1-2H3. The van der Waals surface area contributed by atoms with E-state index in [0.717, 1.165) is 22.8 Å². The summed E-state index contributed by atoms with van der Waals surface area (Å²) in [6.45, 7) is 3.94. The fourth-order valence-corrected chi connectivity index (χ4v) is 2.19. The van der Waals surface area contributed by atoms with Gasteiger partial charge in [0.15, 0.2) is 0 Å². The molecule has 0 unspecified atom stereocenters. The molecule has 1 N–H and O–H groups in total. The Morgan fingerprint density at radius 3 is 2.71 bits per heavy atom. The van der Waals surface area contributed by atoms with Gasteiger partial charge in [0.05, 0.1) is 0 Å². The predicted octanol–water partition coefficient (Wildman–Crippen LogP) is 2.22. The van der Waals surface area contributed by atoms with Gasteiger partial charge in [0, 0.05) is 17.9 Å². The second-order valence-corrected chi connectivity index (χ2v) is 4.36. The van der Waals surface area contributed by atoms with Crippen molar-refractivity contribution < 1.29 is 5.11 Å². The van der Waals surface area contributed by atoms with Crippen LogP contribution in [0.25, 0.3) is 0 Å². The van der Waals surface area contributed by atoms with Gasteiger partial charge in [-0.15, -0.1) is 11.8 Å². The van der Waals surface area contributed by atoms with Crippen LogP contribution in [0.5, 0.6) is 0 Å². The fraction of sp³-hybridized carbons (Fsp3) is 0.556. The van der Waals surface area contributed by atoms with Gasteiger partial charge in [0.1, 0.15) is 16.0 Å². The first kappa shape index (κ1) is 11.8. The van der Waals surface area contributed by atoms with E-state index in [9.17, 15) is 0 Å². The number of halogens is 1. The van der Waals surface area contributed by atoms with E-state index in [0.29, 0.717) is 11.0 Å². The zero-order valence-electron chi connectivity index (χ0n) is 8.25. The van der Waals surface area contributed by atoms with Gasteiger partial charge in [-0.1, -0.05) is 11.6 Å². The molecular formula is C9H13ClN2OS. The van der Waals surface area contributed by atoms with E-state index < -0.39 is 0 Å². The third-order valence-corrected chi connectivity index (χ3v) is 3.23. The van der Waals surface area contributed by atoms with Crippen molar-refractivity contribution in [2.75, 3.05) is 12.4 Å². The van der Waals surface area contributed by atoms with Crippen molar-refractivity contribution in [3.63, 3.8) is 0 Å². The van der Waals surface area contributed by atoms with Crippen LogP contribution in [0.4, 0.5) is 0 Å². The van der Waals surface area contributed by atoms with Gasteiger partial charge in [-0.25, -0.2) is 9.97 Å². The monoisotopic (exact) mass is 232 g/mol. The fourth-order valence-electron chi connectivity index (χ4n) is 0.944. The van der Waals surface area contributed by atoms with Crippen molar-refractivity contribution in [3.05, 3.63) is 16.5 Å². The highest BCUT2D eigenvalue weighted by atomic mass is 35.5. The number of hydrogen-bond acceptors (Lipinski definition) is 4. The largest absolute Gasteiger partial charge is 0.396 e. The molecule has 0 amide bonds. The molecule has 1 heterocycles. The van der Waals surface area contributed by atoms with Crippen molar-refractivity contribution >= 4 is 23.4 Å². The van der Waals surface area contributed by atoms with E-state index in [-0.39, 0.29) is 6.61 Å². The van der Waals surface area contributed by atoms with Crippen LogP contribution in [-0.2, 0) is 0 Å².